The Morgan fingerprint density at radius 2 is 0.620 bits per heavy atom. The number of nitrogens with zero attached hydrogens (tertiary/aromatic N) is 4. The summed E-state index contributed by atoms with van der Waals surface area (Å²) in [6.45, 7) is 28.6. The summed E-state index contributed by atoms with van der Waals surface area (Å²) < 4.78 is 1.85. The molecule has 268 valence electrons. The van der Waals surface area contributed by atoms with Crippen molar-refractivity contribution in [2.75, 3.05) is 66.5 Å². The Morgan fingerprint density at radius 3 is 0.840 bits per heavy atom. The van der Waals surface area contributed by atoms with Gasteiger partial charge in [-0.3, -0.25) is 18.8 Å². The molecule has 4 aromatic carbocycles. The van der Waals surface area contributed by atoms with Gasteiger partial charge in [0, 0.05) is 13.1 Å². The number of hydrogen-bond acceptors (Lipinski definition) is 2. The molecule has 4 rings (SSSR count). The Labute approximate surface area is 305 Å². The minimum Gasteiger partial charge on any atom is -0.300 e. The highest BCUT2D eigenvalue weighted by Crippen LogP contribution is 2.39. The molecule has 0 spiro atoms. The second-order valence-electron chi connectivity index (χ2n) is 14.2. The average molecular weight is 675 g/mol. The Bertz CT molecular complexity index is 1490. The van der Waals surface area contributed by atoms with E-state index in [0.717, 1.165) is 74.4 Å². The minimum atomic E-state index is 0.924. The third-order valence-electron chi connectivity index (χ3n) is 11.7. The van der Waals surface area contributed by atoms with Gasteiger partial charge in [0.25, 0.3) is 0 Å². The first-order chi connectivity index (χ1) is 24.1. The van der Waals surface area contributed by atoms with E-state index >= 15 is 0 Å². The number of quaternary nitrogens is 2. The molecule has 0 bridgehead atoms. The molecule has 0 N–H and O–H groups in total. The molecule has 0 aliphatic carbocycles. The second-order valence-corrected chi connectivity index (χ2v) is 14.2. The second kappa shape index (κ2) is 18.1. The lowest BCUT2D eigenvalue weighted by Crippen LogP contribution is -2.44. The van der Waals surface area contributed by atoms with Crippen LogP contribution in [0.1, 0.15) is 88.8 Å². The zero-order valence-electron chi connectivity index (χ0n) is 33.1. The van der Waals surface area contributed by atoms with E-state index in [0.29, 0.717) is 0 Å². The van der Waals surface area contributed by atoms with Gasteiger partial charge in [-0.25, -0.2) is 0 Å². The van der Waals surface area contributed by atoms with Gasteiger partial charge in [0.2, 0.25) is 0 Å². The SMILES string of the molecule is CCN(CC)Cc1ccc(C(=C(c2ccc([N+](C)(CC)CC)cc2)c2ccc([N+](C)(CC)CC)cc2)c2ccc(CN(CC)CC)cc2)cc1. The lowest BCUT2D eigenvalue weighted by Gasteiger charge is -2.32. The molecule has 0 fully saturated rings. The fourth-order valence-corrected chi connectivity index (χ4v) is 7.03. The van der Waals surface area contributed by atoms with Crippen LogP contribution in [0.4, 0.5) is 11.4 Å². The highest BCUT2D eigenvalue weighted by Gasteiger charge is 2.24. The molecule has 0 heterocycles. The molecular formula is C46H66N4+2. The Morgan fingerprint density at radius 1 is 0.380 bits per heavy atom. The van der Waals surface area contributed by atoms with Crippen LogP contribution in [0.25, 0.3) is 11.1 Å². The van der Waals surface area contributed by atoms with Gasteiger partial charge >= 0.3 is 0 Å². The molecular weight excluding hydrogens is 609 g/mol. The summed E-state index contributed by atoms with van der Waals surface area (Å²) in [7, 11) is 4.68. The molecule has 0 amide bonds. The topological polar surface area (TPSA) is 6.48 Å². The summed E-state index contributed by atoms with van der Waals surface area (Å²) in [6, 6.07) is 37.6. The van der Waals surface area contributed by atoms with Gasteiger partial charge in [-0.2, -0.15) is 0 Å². The molecule has 0 saturated heterocycles. The lowest BCUT2D eigenvalue weighted by molar-refractivity contribution is 0.296. The Kier molecular flexibility index (Phi) is 14.2. The molecule has 4 nitrogen and oxygen atoms in total. The van der Waals surface area contributed by atoms with Crippen molar-refractivity contribution >= 4 is 22.5 Å². The van der Waals surface area contributed by atoms with Crippen LogP contribution in [-0.2, 0) is 13.1 Å². The van der Waals surface area contributed by atoms with Gasteiger partial charge in [0.15, 0.2) is 0 Å². The summed E-state index contributed by atoms with van der Waals surface area (Å²) in [4.78, 5) is 4.96. The third kappa shape index (κ3) is 9.03. The van der Waals surface area contributed by atoms with Gasteiger partial charge in [0.05, 0.1) is 40.3 Å². The standard InChI is InChI=1S/C46H66N4/c1-11-47(12-2)35-37-19-23-39(24-20-37)45(40-25-21-38(22-26-40)36-48(13-3)14-4)46(41-27-31-43(32-28-41)49(9,15-5)16-6)42-29-33-44(34-30-42)50(10,17-7)18-8/h19-34H,11-18,35-36H2,1-10H3/q+2. The molecule has 0 aliphatic rings. The van der Waals surface area contributed by atoms with Crippen LogP contribution >= 0.6 is 0 Å². The van der Waals surface area contributed by atoms with Crippen molar-refractivity contribution in [1.82, 2.24) is 18.8 Å². The number of benzene rings is 4. The van der Waals surface area contributed by atoms with Gasteiger partial charge in [-0.15, -0.1) is 0 Å². The lowest BCUT2D eigenvalue weighted by atomic mass is 9.85. The van der Waals surface area contributed by atoms with E-state index in [4.69, 9.17) is 0 Å². The van der Waals surface area contributed by atoms with Gasteiger partial charge in [-0.05, 0) is 147 Å². The van der Waals surface area contributed by atoms with Crippen LogP contribution in [0.3, 0.4) is 0 Å². The predicted molar refractivity (Wildman–Crippen MR) is 222 cm³/mol. The van der Waals surface area contributed by atoms with Crippen molar-refractivity contribution in [3.05, 3.63) is 130 Å². The zero-order chi connectivity index (χ0) is 36.3. The van der Waals surface area contributed by atoms with Gasteiger partial charge in [-0.1, -0.05) is 76.2 Å². The fraction of sp³-hybridized carbons (Fsp3) is 0.435. The van der Waals surface area contributed by atoms with E-state index in [-0.39, 0.29) is 0 Å². The zero-order valence-corrected chi connectivity index (χ0v) is 33.1. The van der Waals surface area contributed by atoms with Crippen molar-refractivity contribution < 1.29 is 0 Å². The van der Waals surface area contributed by atoms with Crippen LogP contribution < -0.4 is 8.97 Å². The monoisotopic (exact) mass is 675 g/mol. The number of rotatable bonds is 18. The minimum absolute atomic E-state index is 0.924. The number of hydrogen-bond donors (Lipinski definition) is 0. The maximum absolute atomic E-state index is 2.48. The fourth-order valence-electron chi connectivity index (χ4n) is 7.03. The van der Waals surface area contributed by atoms with Crippen LogP contribution in [0.15, 0.2) is 97.1 Å². The quantitative estimate of drug-likeness (QED) is 0.0766. The highest BCUT2D eigenvalue weighted by molar-refractivity contribution is 6.04. The third-order valence-corrected chi connectivity index (χ3v) is 11.7. The van der Waals surface area contributed by atoms with Gasteiger partial charge in [0.1, 0.15) is 11.4 Å². The molecule has 0 atom stereocenters. The van der Waals surface area contributed by atoms with Gasteiger partial charge < -0.3 is 0 Å². The molecule has 0 radical (unpaired) electrons. The molecule has 4 heteroatoms. The van der Waals surface area contributed by atoms with Crippen molar-refractivity contribution in [3.8, 4) is 0 Å². The normalized spacial score (nSPS) is 12.2. The molecule has 0 saturated carbocycles. The molecule has 4 aromatic rings. The maximum Gasteiger partial charge on any atom is 0.132 e. The first-order valence-corrected chi connectivity index (χ1v) is 19.4. The van der Waals surface area contributed by atoms with E-state index in [1.165, 1.54) is 55.9 Å². The van der Waals surface area contributed by atoms with Crippen molar-refractivity contribution in [2.45, 2.75) is 68.5 Å². The largest absolute Gasteiger partial charge is 0.300 e. The first kappa shape index (κ1) is 39.2. The summed E-state index contributed by atoms with van der Waals surface area (Å²) in [5.74, 6) is 0. The average Bonchev–Trinajstić information content (AvgIpc) is 3.18. The highest BCUT2D eigenvalue weighted by atomic mass is 15.3. The van der Waals surface area contributed by atoms with E-state index in [1.807, 2.05) is 0 Å². The molecule has 0 aromatic heterocycles. The summed E-state index contributed by atoms with van der Waals surface area (Å²) in [6.07, 6.45) is 0. The molecule has 0 unspecified atom stereocenters. The van der Waals surface area contributed by atoms with Crippen LogP contribution in [-0.4, -0.2) is 76.3 Å². The molecule has 0 aliphatic heterocycles. The Balaban J connectivity index is 1.99. The smallest absolute Gasteiger partial charge is 0.132 e. The van der Waals surface area contributed by atoms with Crippen LogP contribution in [0, 0.1) is 0 Å². The maximum atomic E-state index is 2.48. The van der Waals surface area contributed by atoms with E-state index in [2.05, 4.69) is 176 Å². The molecule has 50 heavy (non-hydrogen) atoms. The van der Waals surface area contributed by atoms with E-state index in [1.54, 1.807) is 0 Å². The van der Waals surface area contributed by atoms with Crippen molar-refractivity contribution in [1.29, 1.82) is 0 Å². The van der Waals surface area contributed by atoms with Crippen molar-refractivity contribution in [3.63, 3.8) is 0 Å². The van der Waals surface area contributed by atoms with E-state index < -0.39 is 0 Å². The van der Waals surface area contributed by atoms with Crippen LogP contribution in [0.5, 0.6) is 0 Å². The summed E-state index contributed by atoms with van der Waals surface area (Å²) >= 11 is 0. The van der Waals surface area contributed by atoms with E-state index in [9.17, 15) is 0 Å². The van der Waals surface area contributed by atoms with Crippen molar-refractivity contribution in [2.24, 2.45) is 0 Å². The van der Waals surface area contributed by atoms with Crippen LogP contribution in [0.2, 0.25) is 0 Å². The first-order valence-electron chi connectivity index (χ1n) is 19.4. The summed E-state index contributed by atoms with van der Waals surface area (Å²) in [5.41, 5.74) is 13.0. The predicted octanol–water partition coefficient (Wildman–Crippen LogP) is 10.3. The summed E-state index contributed by atoms with van der Waals surface area (Å²) in [5, 5.41) is 0. The Hall–Kier alpha value is -3.54.